The smallest absolute Gasteiger partial charge is 0.337 e. The lowest BCUT2D eigenvalue weighted by atomic mass is 10.1. The van der Waals surface area contributed by atoms with E-state index in [2.05, 4.69) is 10.6 Å². The van der Waals surface area contributed by atoms with Gasteiger partial charge in [-0.2, -0.15) is 0 Å². The molecule has 1 aliphatic heterocycles. The van der Waals surface area contributed by atoms with Gasteiger partial charge in [0.25, 0.3) is 0 Å². The van der Waals surface area contributed by atoms with Crippen LogP contribution in [0, 0.1) is 0 Å². The molecule has 0 unspecified atom stereocenters. The van der Waals surface area contributed by atoms with Crippen LogP contribution in [0.25, 0.3) is 0 Å². The van der Waals surface area contributed by atoms with Crippen LogP contribution < -0.4 is 10.6 Å². The summed E-state index contributed by atoms with van der Waals surface area (Å²) in [6, 6.07) is -0.280. The highest BCUT2D eigenvalue weighted by Crippen LogP contribution is 2.09. The number of likely N-dealkylation sites (N-methyl/N-ethyl adjacent to an activating group) is 1. The summed E-state index contributed by atoms with van der Waals surface area (Å²) in [6.07, 6.45) is 0. The molecule has 1 heterocycles. The Labute approximate surface area is 113 Å². The van der Waals surface area contributed by atoms with E-state index in [4.69, 9.17) is 4.74 Å². The number of carbonyl (C=O) groups is 2. The lowest BCUT2D eigenvalue weighted by Crippen LogP contribution is -2.46. The number of hydrogen-bond acceptors (Lipinski definition) is 4. The molecule has 1 rings (SSSR count). The summed E-state index contributed by atoms with van der Waals surface area (Å²) >= 11 is 0. The summed E-state index contributed by atoms with van der Waals surface area (Å²) in [5.41, 5.74) is 1.11. The van der Waals surface area contributed by atoms with Crippen molar-refractivity contribution in [1.82, 2.24) is 15.5 Å². The van der Waals surface area contributed by atoms with Gasteiger partial charge in [-0.25, -0.2) is 9.59 Å². The van der Waals surface area contributed by atoms with Crippen LogP contribution in [0.2, 0.25) is 0 Å². The molecule has 0 aromatic rings. The van der Waals surface area contributed by atoms with Crippen molar-refractivity contribution in [2.75, 3.05) is 33.3 Å². The molecule has 0 aromatic carbocycles. The molecule has 0 aromatic heterocycles. The van der Waals surface area contributed by atoms with Gasteiger partial charge in [0, 0.05) is 12.2 Å². The molecule has 0 bridgehead atoms. The Kier molecular flexibility index (Phi) is 7.38. The average molecular weight is 278 g/mol. The van der Waals surface area contributed by atoms with Crippen LogP contribution in [0.4, 0.5) is 4.79 Å². The van der Waals surface area contributed by atoms with Crippen LogP contribution in [-0.4, -0.2) is 50.2 Å². The number of hydrogen-bond donors (Lipinski definition) is 2. The molecular weight excluding hydrogens is 258 g/mol. The molecule has 2 amide bonds. The maximum absolute atomic E-state index is 11.7. The lowest BCUT2D eigenvalue weighted by Gasteiger charge is -2.24. The monoisotopic (exact) mass is 277 g/mol. The van der Waals surface area contributed by atoms with Gasteiger partial charge in [-0.3, -0.25) is 0 Å². The van der Waals surface area contributed by atoms with Crippen molar-refractivity contribution in [2.45, 2.75) is 13.8 Å². The number of rotatable bonds is 5. The highest BCUT2D eigenvalue weighted by molar-refractivity contribution is 5.93. The maximum atomic E-state index is 11.7. The minimum atomic E-state index is -0.375. The van der Waals surface area contributed by atoms with Gasteiger partial charge < -0.3 is 20.3 Å². The van der Waals surface area contributed by atoms with Crippen molar-refractivity contribution in [3.63, 3.8) is 0 Å². The largest absolute Gasteiger partial charge is 0.463 e. The number of carbonyl (C=O) groups excluding carboxylic acids is 2. The number of halogens is 1. The second-order valence-electron chi connectivity index (χ2n) is 3.82. The molecule has 0 saturated heterocycles. The SMILES string of the molecule is CCOC(=O)C1=C(CN(C)CC)NC(=O)NC1.Cl. The van der Waals surface area contributed by atoms with Gasteiger partial charge in [0.2, 0.25) is 0 Å². The molecular formula is C11H20ClN3O3. The van der Waals surface area contributed by atoms with Gasteiger partial charge in [-0.05, 0) is 20.5 Å². The number of amides is 2. The van der Waals surface area contributed by atoms with Crippen LogP contribution in [-0.2, 0) is 9.53 Å². The van der Waals surface area contributed by atoms with Gasteiger partial charge in [0.1, 0.15) is 0 Å². The van der Waals surface area contributed by atoms with Gasteiger partial charge in [-0.15, -0.1) is 12.4 Å². The summed E-state index contributed by atoms with van der Waals surface area (Å²) in [5.74, 6) is -0.375. The van der Waals surface area contributed by atoms with E-state index in [1.807, 2.05) is 18.9 Å². The highest BCUT2D eigenvalue weighted by Gasteiger charge is 2.23. The molecule has 0 aliphatic carbocycles. The predicted octanol–water partition coefficient (Wildman–Crippen LogP) is 0.490. The quantitative estimate of drug-likeness (QED) is 0.718. The summed E-state index contributed by atoms with van der Waals surface area (Å²) in [4.78, 5) is 24.9. The van der Waals surface area contributed by atoms with Gasteiger partial charge in [0.05, 0.1) is 18.7 Å². The number of esters is 1. The molecule has 0 fully saturated rings. The number of urea groups is 1. The molecule has 2 N–H and O–H groups in total. The van der Waals surface area contributed by atoms with E-state index in [1.165, 1.54) is 0 Å². The van der Waals surface area contributed by atoms with Gasteiger partial charge in [0.15, 0.2) is 0 Å². The van der Waals surface area contributed by atoms with Crippen LogP contribution >= 0.6 is 12.4 Å². The first kappa shape index (κ1) is 16.7. The maximum Gasteiger partial charge on any atom is 0.337 e. The zero-order chi connectivity index (χ0) is 12.8. The van der Waals surface area contributed by atoms with E-state index in [0.717, 1.165) is 6.54 Å². The molecule has 0 atom stereocenters. The Hall–Kier alpha value is -1.27. The first-order valence-corrected chi connectivity index (χ1v) is 5.71. The van der Waals surface area contributed by atoms with Crippen LogP contribution in [0.1, 0.15) is 13.8 Å². The number of nitrogens with one attached hydrogen (secondary N) is 2. The summed E-state index contributed by atoms with van der Waals surface area (Å²) < 4.78 is 4.96. The first-order valence-electron chi connectivity index (χ1n) is 5.71. The summed E-state index contributed by atoms with van der Waals surface area (Å²) in [7, 11) is 1.92. The van der Waals surface area contributed by atoms with E-state index >= 15 is 0 Å². The van der Waals surface area contributed by atoms with E-state index in [1.54, 1.807) is 6.92 Å². The standard InChI is InChI=1S/C11H19N3O3.ClH/c1-4-14(3)7-9-8(10(15)17-5-2)6-12-11(16)13-9;/h4-7H2,1-3H3,(H2,12,13,16);1H. The Bertz CT molecular complexity index is 344. The predicted molar refractivity (Wildman–Crippen MR) is 70.6 cm³/mol. The molecule has 7 heteroatoms. The topological polar surface area (TPSA) is 70.7 Å². The molecule has 0 saturated carbocycles. The molecule has 104 valence electrons. The van der Waals surface area contributed by atoms with E-state index < -0.39 is 0 Å². The van der Waals surface area contributed by atoms with Crippen LogP contribution in [0.15, 0.2) is 11.3 Å². The Morgan fingerprint density at radius 3 is 2.67 bits per heavy atom. The third-order valence-electron chi connectivity index (χ3n) is 2.54. The summed E-state index contributed by atoms with van der Waals surface area (Å²) in [6.45, 7) is 5.67. The normalized spacial score (nSPS) is 14.8. The lowest BCUT2D eigenvalue weighted by molar-refractivity contribution is -0.138. The summed E-state index contributed by atoms with van der Waals surface area (Å²) in [5, 5.41) is 5.22. The van der Waals surface area contributed by atoms with E-state index in [9.17, 15) is 9.59 Å². The second-order valence-corrected chi connectivity index (χ2v) is 3.82. The van der Waals surface area contributed by atoms with Gasteiger partial charge in [-0.1, -0.05) is 6.92 Å². The Morgan fingerprint density at radius 2 is 2.11 bits per heavy atom. The zero-order valence-electron chi connectivity index (χ0n) is 10.9. The van der Waals surface area contributed by atoms with Crippen molar-refractivity contribution in [1.29, 1.82) is 0 Å². The van der Waals surface area contributed by atoms with Crippen molar-refractivity contribution in [2.24, 2.45) is 0 Å². The fourth-order valence-electron chi connectivity index (χ4n) is 1.46. The minimum Gasteiger partial charge on any atom is -0.463 e. The van der Waals surface area contributed by atoms with E-state index in [-0.39, 0.29) is 31.0 Å². The first-order chi connectivity index (χ1) is 8.08. The molecule has 1 aliphatic rings. The van der Waals surface area contributed by atoms with Crippen molar-refractivity contribution in [3.8, 4) is 0 Å². The average Bonchev–Trinajstić information content (AvgIpc) is 2.29. The minimum absolute atomic E-state index is 0. The fourth-order valence-corrected chi connectivity index (χ4v) is 1.46. The molecule has 18 heavy (non-hydrogen) atoms. The van der Waals surface area contributed by atoms with Crippen LogP contribution in [0.5, 0.6) is 0 Å². The zero-order valence-corrected chi connectivity index (χ0v) is 11.7. The molecule has 6 nitrogen and oxygen atoms in total. The Balaban J connectivity index is 0.00000289. The van der Waals surface area contributed by atoms with E-state index in [0.29, 0.717) is 24.4 Å². The molecule has 0 radical (unpaired) electrons. The number of nitrogens with zero attached hydrogens (tertiary/aromatic N) is 1. The third-order valence-corrected chi connectivity index (χ3v) is 2.54. The van der Waals surface area contributed by atoms with Crippen molar-refractivity contribution >= 4 is 24.4 Å². The third kappa shape index (κ3) is 4.54. The van der Waals surface area contributed by atoms with Crippen molar-refractivity contribution < 1.29 is 14.3 Å². The molecule has 0 spiro atoms. The Morgan fingerprint density at radius 1 is 1.44 bits per heavy atom. The highest BCUT2D eigenvalue weighted by atomic mass is 35.5. The second kappa shape index (κ2) is 7.94. The fraction of sp³-hybridized carbons (Fsp3) is 0.636. The van der Waals surface area contributed by atoms with Crippen molar-refractivity contribution in [3.05, 3.63) is 11.3 Å². The van der Waals surface area contributed by atoms with Crippen LogP contribution in [0.3, 0.4) is 0 Å². The number of ether oxygens (including phenoxy) is 1. The van der Waals surface area contributed by atoms with Gasteiger partial charge >= 0.3 is 12.0 Å².